The minimum atomic E-state index is -0.766. The number of nitrogens with one attached hydrogen (secondary N) is 2. The lowest BCUT2D eigenvalue weighted by atomic mass is 10.1. The molecule has 7 heteroatoms. The summed E-state index contributed by atoms with van der Waals surface area (Å²) >= 11 is 0. The Morgan fingerprint density at radius 3 is 2.12 bits per heavy atom. The van der Waals surface area contributed by atoms with Crippen LogP contribution in [0.25, 0.3) is 0 Å². The van der Waals surface area contributed by atoms with Gasteiger partial charge in [-0.15, -0.1) is 0 Å². The molecule has 0 aliphatic carbocycles. The highest BCUT2D eigenvalue weighted by molar-refractivity contribution is 5.86. The zero-order valence-electron chi connectivity index (χ0n) is 15.2. The Labute approximate surface area is 148 Å². The second-order valence-electron chi connectivity index (χ2n) is 6.23. The number of hydrogen-bond acceptors (Lipinski definition) is 5. The number of amides is 2. The number of ether oxygens (including phenoxy) is 1. The van der Waals surface area contributed by atoms with E-state index < -0.39 is 12.0 Å². The van der Waals surface area contributed by atoms with Crippen molar-refractivity contribution in [1.82, 2.24) is 15.5 Å². The number of methoxy groups -OCH3 is 1. The molecule has 0 unspecified atom stereocenters. The van der Waals surface area contributed by atoms with Gasteiger partial charge in [-0.25, -0.2) is 4.79 Å². The Bertz CT molecular complexity index is 575. The van der Waals surface area contributed by atoms with E-state index in [0.29, 0.717) is 6.42 Å². The summed E-state index contributed by atoms with van der Waals surface area (Å²) < 4.78 is 4.77. The second-order valence-corrected chi connectivity index (χ2v) is 6.23. The van der Waals surface area contributed by atoms with Crippen LogP contribution in [0.1, 0.15) is 19.4 Å². The fourth-order valence-electron chi connectivity index (χ4n) is 2.34. The molecule has 0 aromatic heterocycles. The van der Waals surface area contributed by atoms with Gasteiger partial charge >= 0.3 is 5.97 Å². The fourth-order valence-corrected chi connectivity index (χ4v) is 2.34. The van der Waals surface area contributed by atoms with E-state index in [1.165, 1.54) is 7.11 Å². The van der Waals surface area contributed by atoms with Crippen LogP contribution in [0.5, 0.6) is 0 Å². The van der Waals surface area contributed by atoms with Crippen molar-refractivity contribution in [2.24, 2.45) is 0 Å². The first-order valence-electron chi connectivity index (χ1n) is 8.20. The number of carbonyl (C=O) groups excluding carboxylic acids is 3. The average Bonchev–Trinajstić information content (AvgIpc) is 2.53. The molecule has 0 saturated carbocycles. The first kappa shape index (κ1) is 20.6. The molecule has 0 aliphatic rings. The largest absolute Gasteiger partial charge is 0.467 e. The summed E-state index contributed by atoms with van der Waals surface area (Å²) in [6, 6.07) is 8.66. The van der Waals surface area contributed by atoms with Crippen molar-refractivity contribution >= 4 is 17.8 Å². The Kier molecular flexibility index (Phi) is 8.63. The molecule has 2 N–H and O–H groups in total. The van der Waals surface area contributed by atoms with Crippen molar-refractivity contribution in [1.29, 1.82) is 0 Å². The van der Waals surface area contributed by atoms with Gasteiger partial charge in [0.05, 0.1) is 20.2 Å². The molecule has 0 bridgehead atoms. The van der Waals surface area contributed by atoms with Crippen LogP contribution in [-0.2, 0) is 25.5 Å². The van der Waals surface area contributed by atoms with E-state index in [1.807, 2.05) is 44.2 Å². The number of likely N-dealkylation sites (N-methyl/N-ethyl adjacent to an activating group) is 1. The van der Waals surface area contributed by atoms with Crippen LogP contribution in [0.15, 0.2) is 30.3 Å². The molecule has 7 nitrogen and oxygen atoms in total. The highest BCUT2D eigenvalue weighted by atomic mass is 16.5. The van der Waals surface area contributed by atoms with Gasteiger partial charge in [0.1, 0.15) is 6.04 Å². The highest BCUT2D eigenvalue weighted by Gasteiger charge is 2.22. The number of rotatable bonds is 9. The number of esters is 1. The van der Waals surface area contributed by atoms with Gasteiger partial charge in [-0.2, -0.15) is 0 Å². The molecule has 2 amide bonds. The standard InChI is InChI=1S/C18H27N3O4/c1-13(2)19-16(22)11-21(3)12-17(23)20-15(18(24)25-4)10-14-8-6-5-7-9-14/h5-9,13,15H,10-12H2,1-4H3,(H,19,22)(H,20,23)/t15-/m0/s1. The van der Waals surface area contributed by atoms with Crippen LogP contribution in [0.2, 0.25) is 0 Å². The predicted molar refractivity (Wildman–Crippen MR) is 94.9 cm³/mol. The summed E-state index contributed by atoms with van der Waals surface area (Å²) in [6.07, 6.45) is 0.344. The third kappa shape index (κ3) is 8.30. The van der Waals surface area contributed by atoms with Gasteiger partial charge in [-0.05, 0) is 26.5 Å². The molecule has 1 aromatic rings. The lowest BCUT2D eigenvalue weighted by Gasteiger charge is -2.20. The van der Waals surface area contributed by atoms with Crippen LogP contribution in [0.3, 0.4) is 0 Å². The maximum absolute atomic E-state index is 12.2. The van der Waals surface area contributed by atoms with E-state index in [1.54, 1.807) is 11.9 Å². The summed E-state index contributed by atoms with van der Waals surface area (Å²) in [5.41, 5.74) is 0.919. The Morgan fingerprint density at radius 2 is 1.60 bits per heavy atom. The molecule has 0 fully saturated rings. The third-order valence-electron chi connectivity index (χ3n) is 3.38. The smallest absolute Gasteiger partial charge is 0.328 e. The van der Waals surface area contributed by atoms with E-state index in [-0.39, 0.29) is 30.9 Å². The number of benzene rings is 1. The third-order valence-corrected chi connectivity index (χ3v) is 3.38. The van der Waals surface area contributed by atoms with Crippen molar-refractivity contribution in [2.45, 2.75) is 32.4 Å². The molecule has 0 spiro atoms. The quantitative estimate of drug-likeness (QED) is 0.628. The molecule has 0 heterocycles. The van der Waals surface area contributed by atoms with E-state index in [0.717, 1.165) is 5.56 Å². The van der Waals surface area contributed by atoms with E-state index >= 15 is 0 Å². The zero-order valence-corrected chi connectivity index (χ0v) is 15.2. The predicted octanol–water partition coefficient (Wildman–Crippen LogP) is 0.343. The van der Waals surface area contributed by atoms with Crippen LogP contribution in [0.4, 0.5) is 0 Å². The fraction of sp³-hybridized carbons (Fsp3) is 0.500. The molecule has 25 heavy (non-hydrogen) atoms. The van der Waals surface area contributed by atoms with Gasteiger partial charge in [0, 0.05) is 12.5 Å². The van der Waals surface area contributed by atoms with Crippen LogP contribution in [-0.4, -0.2) is 62.0 Å². The summed E-state index contributed by atoms with van der Waals surface area (Å²) in [5.74, 6) is -0.998. The lowest BCUT2D eigenvalue weighted by molar-refractivity contribution is -0.145. The maximum Gasteiger partial charge on any atom is 0.328 e. The summed E-state index contributed by atoms with van der Waals surface area (Å²) in [4.78, 5) is 37.4. The molecule has 0 saturated heterocycles. The van der Waals surface area contributed by atoms with Crippen molar-refractivity contribution in [3.8, 4) is 0 Å². The van der Waals surface area contributed by atoms with E-state index in [9.17, 15) is 14.4 Å². The SMILES string of the molecule is COC(=O)[C@H](Cc1ccccc1)NC(=O)CN(C)CC(=O)NC(C)C. The van der Waals surface area contributed by atoms with Gasteiger partial charge in [-0.3, -0.25) is 14.5 Å². The van der Waals surface area contributed by atoms with Crippen molar-refractivity contribution < 1.29 is 19.1 Å². The van der Waals surface area contributed by atoms with Crippen LogP contribution >= 0.6 is 0 Å². The summed E-state index contributed by atoms with van der Waals surface area (Å²) in [7, 11) is 2.96. The van der Waals surface area contributed by atoms with Crippen molar-refractivity contribution in [2.75, 3.05) is 27.2 Å². The molecule has 1 rings (SSSR count). The minimum absolute atomic E-state index is 0.00774. The van der Waals surface area contributed by atoms with Gasteiger partial charge in [0.2, 0.25) is 11.8 Å². The molecule has 0 radical (unpaired) electrons. The van der Waals surface area contributed by atoms with Crippen molar-refractivity contribution in [3.05, 3.63) is 35.9 Å². The molecule has 1 aromatic carbocycles. The second kappa shape index (κ2) is 10.5. The Morgan fingerprint density at radius 1 is 1.04 bits per heavy atom. The number of nitrogens with zero attached hydrogens (tertiary/aromatic N) is 1. The van der Waals surface area contributed by atoms with Gasteiger partial charge < -0.3 is 15.4 Å². The van der Waals surface area contributed by atoms with Gasteiger partial charge in [0.15, 0.2) is 0 Å². The van der Waals surface area contributed by atoms with Crippen LogP contribution < -0.4 is 10.6 Å². The monoisotopic (exact) mass is 349 g/mol. The Balaban J connectivity index is 2.57. The number of hydrogen-bond donors (Lipinski definition) is 2. The molecular formula is C18H27N3O4. The first-order chi connectivity index (χ1) is 11.8. The Hall–Kier alpha value is -2.41. The van der Waals surface area contributed by atoms with Gasteiger partial charge in [0.25, 0.3) is 0 Å². The number of carbonyl (C=O) groups is 3. The van der Waals surface area contributed by atoms with Crippen molar-refractivity contribution in [3.63, 3.8) is 0 Å². The molecule has 138 valence electrons. The van der Waals surface area contributed by atoms with Gasteiger partial charge in [-0.1, -0.05) is 30.3 Å². The average molecular weight is 349 g/mol. The molecule has 1 atom stereocenters. The topological polar surface area (TPSA) is 87.7 Å². The molecular weight excluding hydrogens is 322 g/mol. The first-order valence-corrected chi connectivity index (χ1v) is 8.20. The van der Waals surface area contributed by atoms with E-state index in [4.69, 9.17) is 4.74 Å². The zero-order chi connectivity index (χ0) is 18.8. The maximum atomic E-state index is 12.2. The molecule has 0 aliphatic heterocycles. The normalized spacial score (nSPS) is 11.9. The lowest BCUT2D eigenvalue weighted by Crippen LogP contribution is -2.48. The van der Waals surface area contributed by atoms with Crippen LogP contribution in [0, 0.1) is 0 Å². The minimum Gasteiger partial charge on any atom is -0.467 e. The highest BCUT2D eigenvalue weighted by Crippen LogP contribution is 2.04. The summed E-state index contributed by atoms with van der Waals surface area (Å²) in [6.45, 7) is 3.85. The summed E-state index contributed by atoms with van der Waals surface area (Å²) in [5, 5.41) is 5.44. The van der Waals surface area contributed by atoms with E-state index in [2.05, 4.69) is 10.6 Å².